The molecule has 0 saturated carbocycles. The normalized spacial score (nSPS) is 55.8. The topological polar surface area (TPSA) is 172 Å². The van der Waals surface area contributed by atoms with Gasteiger partial charge < -0.3 is 18.9 Å². The number of hydrogen-bond donors (Lipinski definition) is 11. The zero-order valence-corrected chi connectivity index (χ0v) is 29.8. The fourth-order valence-corrected chi connectivity index (χ4v) is 11.5. The van der Waals surface area contributed by atoms with E-state index in [1.54, 1.807) is 0 Å². The largest absolute Gasteiger partial charge is 0.367 e. The molecule has 16 nitrogen and oxygen atoms in total. The summed E-state index contributed by atoms with van der Waals surface area (Å²) in [4.78, 5) is 2.56. The average molecular weight is 691 g/mol. The standard InChI is InChI=1S/C33H62N12O4/c1-45-32-17-9-13-21(49-5)37-25(17)33(45)43-28-16-8-12-19(47-3)35-23(16)30(42-28)39-26-14-6-10-18(46-2)34-22(14)29(38-26)40-27-15-7-11-20(48-4)36-24(15)31(41-27)44-32/h14-44H,6-13H2,1-5H3. The van der Waals surface area contributed by atoms with E-state index in [4.69, 9.17) is 18.9 Å². The maximum absolute atomic E-state index is 5.90. The van der Waals surface area contributed by atoms with Crippen molar-refractivity contribution in [3.8, 4) is 0 Å². The van der Waals surface area contributed by atoms with Crippen molar-refractivity contribution < 1.29 is 18.9 Å². The number of hydrogen-bond acceptors (Lipinski definition) is 16. The summed E-state index contributed by atoms with van der Waals surface area (Å²) in [6.07, 6.45) is 9.49. The SMILES string of the molecule is COC1CCC2C3NC(NC4NC(NC5C6CCC(OC)NC6C(NC6NC(N3)C3NC(OC)CCC63)N5C)C3NC(OC)CCC43)C2N1. The van der Waals surface area contributed by atoms with Crippen molar-refractivity contribution in [1.29, 1.82) is 0 Å². The van der Waals surface area contributed by atoms with Gasteiger partial charge >= 0.3 is 0 Å². The van der Waals surface area contributed by atoms with Crippen LogP contribution in [0.5, 0.6) is 0 Å². The Morgan fingerprint density at radius 2 is 0.673 bits per heavy atom. The summed E-state index contributed by atoms with van der Waals surface area (Å²) in [6, 6.07) is 0.923. The molecule has 20 unspecified atom stereocenters. The van der Waals surface area contributed by atoms with Crippen LogP contribution in [0.2, 0.25) is 0 Å². The summed E-state index contributed by atoms with van der Waals surface area (Å²) in [6.45, 7) is 0. The summed E-state index contributed by atoms with van der Waals surface area (Å²) < 4.78 is 23.5. The molecule has 0 aromatic heterocycles. The van der Waals surface area contributed by atoms with Crippen molar-refractivity contribution in [2.24, 2.45) is 23.7 Å². The molecule has 0 spiro atoms. The van der Waals surface area contributed by atoms with Crippen LogP contribution in [0.25, 0.3) is 0 Å². The minimum absolute atomic E-state index is 0.0589. The molecule has 49 heavy (non-hydrogen) atoms. The quantitative estimate of drug-likeness (QED) is 0.145. The summed E-state index contributed by atoms with van der Waals surface area (Å²) >= 11 is 0. The first-order valence-electron chi connectivity index (χ1n) is 19.2. The third-order valence-corrected chi connectivity index (χ3v) is 14.0. The molecule has 8 bridgehead atoms. The van der Waals surface area contributed by atoms with Gasteiger partial charge in [0.2, 0.25) is 0 Å². The molecule has 0 amide bonds. The van der Waals surface area contributed by atoms with Crippen molar-refractivity contribution >= 4 is 0 Å². The second-order valence-electron chi connectivity index (χ2n) is 16.2. The lowest BCUT2D eigenvalue weighted by atomic mass is 9.86. The lowest BCUT2D eigenvalue weighted by Crippen LogP contribution is -2.64. The van der Waals surface area contributed by atoms with Gasteiger partial charge in [0.1, 0.15) is 24.9 Å². The lowest BCUT2D eigenvalue weighted by molar-refractivity contribution is 0.00713. The first-order chi connectivity index (χ1) is 24.0. The van der Waals surface area contributed by atoms with Crippen LogP contribution in [0.3, 0.4) is 0 Å². The van der Waals surface area contributed by atoms with Crippen LogP contribution in [0, 0.1) is 23.7 Å². The molecule has 9 heterocycles. The minimum atomic E-state index is 0.0589. The predicted octanol–water partition coefficient (Wildman–Crippen LogP) is -2.92. The maximum atomic E-state index is 5.90. The summed E-state index contributed by atoms with van der Waals surface area (Å²) in [5.74, 6) is 1.64. The van der Waals surface area contributed by atoms with Crippen LogP contribution in [0.4, 0.5) is 0 Å². The highest BCUT2D eigenvalue weighted by Crippen LogP contribution is 2.39. The van der Waals surface area contributed by atoms with Gasteiger partial charge in [-0.05, 0) is 58.4 Å². The second kappa shape index (κ2) is 14.0. The van der Waals surface area contributed by atoms with Gasteiger partial charge in [0.05, 0.1) is 49.3 Å². The molecule has 0 aromatic rings. The van der Waals surface area contributed by atoms with E-state index in [9.17, 15) is 0 Å². The van der Waals surface area contributed by atoms with Crippen LogP contribution in [-0.2, 0) is 18.9 Å². The zero-order valence-electron chi connectivity index (χ0n) is 29.8. The predicted molar refractivity (Wildman–Crippen MR) is 182 cm³/mol. The molecule has 9 saturated heterocycles. The number of likely N-dealkylation sites (N-methyl/N-ethyl adjacent to an activating group) is 1. The fraction of sp³-hybridized carbons (Fsp3) is 1.00. The smallest absolute Gasteiger partial charge is 0.108 e. The van der Waals surface area contributed by atoms with Gasteiger partial charge in [-0.3, -0.25) is 63.4 Å². The van der Waals surface area contributed by atoms with Gasteiger partial charge in [0.25, 0.3) is 0 Å². The number of piperidine rings is 4. The fourth-order valence-electron chi connectivity index (χ4n) is 11.5. The van der Waals surface area contributed by atoms with Crippen LogP contribution in [-0.4, -0.2) is 139 Å². The Morgan fingerprint density at radius 1 is 0.347 bits per heavy atom. The van der Waals surface area contributed by atoms with Gasteiger partial charge in [0, 0.05) is 76.3 Å². The highest BCUT2D eigenvalue weighted by molar-refractivity contribution is 5.13. The first-order valence-corrected chi connectivity index (χ1v) is 19.2. The number of ether oxygens (including phenoxy) is 4. The van der Waals surface area contributed by atoms with Gasteiger partial charge in [-0.1, -0.05) is 0 Å². The minimum Gasteiger partial charge on any atom is -0.367 e. The Morgan fingerprint density at radius 3 is 1.08 bits per heavy atom. The molecule has 0 aromatic carbocycles. The molecule has 9 rings (SSSR count). The second-order valence-corrected chi connectivity index (χ2v) is 16.2. The van der Waals surface area contributed by atoms with Crippen molar-refractivity contribution in [3.63, 3.8) is 0 Å². The Bertz CT molecular complexity index is 1160. The molecular formula is C33H62N12O4. The molecule has 11 N–H and O–H groups in total. The Labute approximate surface area is 291 Å². The van der Waals surface area contributed by atoms with Crippen molar-refractivity contribution in [1.82, 2.24) is 63.4 Å². The molecule has 20 atom stereocenters. The van der Waals surface area contributed by atoms with E-state index in [-0.39, 0.29) is 98.4 Å². The van der Waals surface area contributed by atoms with Crippen LogP contribution in [0.15, 0.2) is 0 Å². The van der Waals surface area contributed by atoms with Gasteiger partial charge in [-0.25, -0.2) is 0 Å². The summed E-state index contributed by atoms with van der Waals surface area (Å²) in [7, 11) is 9.60. The lowest BCUT2D eigenvalue weighted by Gasteiger charge is -2.39. The van der Waals surface area contributed by atoms with Gasteiger partial charge in [0.15, 0.2) is 0 Å². The van der Waals surface area contributed by atoms with E-state index < -0.39 is 0 Å². The van der Waals surface area contributed by atoms with Crippen molar-refractivity contribution in [2.75, 3.05) is 35.5 Å². The summed E-state index contributed by atoms with van der Waals surface area (Å²) in [5, 5.41) is 44.4. The molecule has 16 heteroatoms. The molecule has 278 valence electrons. The number of rotatable bonds is 4. The van der Waals surface area contributed by atoms with Gasteiger partial charge in [-0.2, -0.15) is 0 Å². The Kier molecular flexibility index (Phi) is 9.74. The van der Waals surface area contributed by atoms with Gasteiger partial charge in [-0.15, -0.1) is 0 Å². The van der Waals surface area contributed by atoms with Crippen LogP contribution < -0.4 is 58.5 Å². The molecule has 9 fully saturated rings. The van der Waals surface area contributed by atoms with E-state index in [1.807, 2.05) is 28.4 Å². The molecule has 9 aliphatic heterocycles. The van der Waals surface area contributed by atoms with Crippen molar-refractivity contribution in [2.45, 2.75) is 150 Å². The van der Waals surface area contributed by atoms with Crippen LogP contribution >= 0.6 is 0 Å². The first kappa shape index (κ1) is 34.1. The third-order valence-electron chi connectivity index (χ3n) is 14.0. The Hall–Kier alpha value is -0.640. The third kappa shape index (κ3) is 6.01. The molecule has 9 aliphatic rings. The van der Waals surface area contributed by atoms with E-state index in [2.05, 4.69) is 70.4 Å². The summed E-state index contributed by atoms with van der Waals surface area (Å²) in [5.41, 5.74) is 0. The zero-order chi connectivity index (χ0) is 33.4. The van der Waals surface area contributed by atoms with E-state index in [0.29, 0.717) is 23.7 Å². The monoisotopic (exact) mass is 691 g/mol. The number of methoxy groups -OCH3 is 4. The van der Waals surface area contributed by atoms with E-state index >= 15 is 0 Å². The molecular weight excluding hydrogens is 628 g/mol. The number of nitrogens with one attached hydrogen (secondary N) is 11. The molecule has 0 radical (unpaired) electrons. The highest BCUT2D eigenvalue weighted by Gasteiger charge is 2.57. The van der Waals surface area contributed by atoms with Crippen LogP contribution in [0.1, 0.15) is 51.4 Å². The van der Waals surface area contributed by atoms with Crippen molar-refractivity contribution in [3.05, 3.63) is 0 Å². The highest BCUT2D eigenvalue weighted by atomic mass is 16.5. The number of nitrogens with zero attached hydrogens (tertiary/aromatic N) is 1. The van der Waals surface area contributed by atoms with E-state index in [1.165, 1.54) is 0 Å². The Balaban J connectivity index is 1.07. The number of fused-ring (bicyclic) bond motifs is 20. The average Bonchev–Trinajstić information content (AvgIpc) is 3.84. The molecule has 0 aliphatic carbocycles. The van der Waals surface area contributed by atoms with E-state index in [0.717, 1.165) is 51.4 Å². The maximum Gasteiger partial charge on any atom is 0.108 e.